The van der Waals surface area contributed by atoms with Gasteiger partial charge in [0.2, 0.25) is 0 Å². The predicted octanol–water partition coefficient (Wildman–Crippen LogP) is 4.86. The van der Waals surface area contributed by atoms with Gasteiger partial charge in [-0.05, 0) is 79.4 Å². The first-order valence-corrected chi connectivity index (χ1v) is 10.1. The average Bonchev–Trinajstić information content (AvgIpc) is 2.74. The van der Waals surface area contributed by atoms with Gasteiger partial charge >= 0.3 is 0 Å². The summed E-state index contributed by atoms with van der Waals surface area (Å²) < 4.78 is 7.19. The molecule has 30 heavy (non-hydrogen) atoms. The lowest BCUT2D eigenvalue weighted by molar-refractivity contribution is -0.384. The zero-order valence-electron chi connectivity index (χ0n) is 15.3. The third kappa shape index (κ3) is 5.71. The van der Waals surface area contributed by atoms with Crippen molar-refractivity contribution in [3.8, 4) is 5.75 Å². The Morgan fingerprint density at radius 3 is 2.37 bits per heavy atom. The van der Waals surface area contributed by atoms with E-state index in [1.165, 1.54) is 30.7 Å². The average molecular weight is 534 g/mol. The Kier molecular flexibility index (Phi) is 7.26. The Balaban J connectivity index is 1.63. The number of hydrazone groups is 1. The Morgan fingerprint density at radius 1 is 1.13 bits per heavy atom. The summed E-state index contributed by atoms with van der Waals surface area (Å²) in [4.78, 5) is 26.1. The number of hydrogen-bond acceptors (Lipinski definition) is 6. The number of ether oxygens (including phenoxy) is 1. The highest BCUT2D eigenvalue weighted by atomic mass is 79.9. The van der Waals surface area contributed by atoms with Crippen molar-refractivity contribution in [3.05, 3.63) is 96.7 Å². The van der Waals surface area contributed by atoms with Gasteiger partial charge in [0.25, 0.3) is 11.6 Å². The number of nitro benzene ring substituents is 1. The standard InChI is InChI=1S/C20H14Br2N4O4/c21-17-9-14(11-24-25-20(27)15-5-7-23-8-6-15)10-18(22)19(17)30-12-13-1-3-16(4-2-13)26(28)29/h1-11H,12H2,(H,25,27)/b24-11-. The molecule has 1 heterocycles. The Hall–Kier alpha value is -3.11. The molecular weight excluding hydrogens is 520 g/mol. The van der Waals surface area contributed by atoms with Gasteiger partial charge in [-0.2, -0.15) is 5.10 Å². The van der Waals surface area contributed by atoms with Crippen molar-refractivity contribution in [2.45, 2.75) is 6.61 Å². The van der Waals surface area contributed by atoms with Crippen LogP contribution in [0, 0.1) is 10.1 Å². The summed E-state index contributed by atoms with van der Waals surface area (Å²) in [6, 6.07) is 12.9. The number of hydrogen-bond donors (Lipinski definition) is 1. The topological polar surface area (TPSA) is 107 Å². The van der Waals surface area contributed by atoms with Crippen LogP contribution in [0.4, 0.5) is 5.69 Å². The van der Waals surface area contributed by atoms with E-state index in [9.17, 15) is 14.9 Å². The lowest BCUT2D eigenvalue weighted by atomic mass is 10.2. The Bertz CT molecular complexity index is 1070. The second-order valence-electron chi connectivity index (χ2n) is 5.96. The first-order chi connectivity index (χ1) is 14.4. The molecule has 1 N–H and O–H groups in total. The van der Waals surface area contributed by atoms with Crippen molar-refractivity contribution in [2.24, 2.45) is 5.10 Å². The summed E-state index contributed by atoms with van der Waals surface area (Å²) in [6.07, 6.45) is 4.57. The fourth-order valence-corrected chi connectivity index (χ4v) is 3.85. The lowest BCUT2D eigenvalue weighted by Gasteiger charge is -2.11. The summed E-state index contributed by atoms with van der Waals surface area (Å²) in [6.45, 7) is 0.241. The summed E-state index contributed by atoms with van der Waals surface area (Å²) in [7, 11) is 0. The van der Waals surface area contributed by atoms with Crippen LogP contribution in [0.25, 0.3) is 0 Å². The van der Waals surface area contributed by atoms with Crippen molar-refractivity contribution < 1.29 is 14.5 Å². The molecule has 3 aromatic rings. The normalized spacial score (nSPS) is 10.7. The van der Waals surface area contributed by atoms with Gasteiger partial charge in [-0.25, -0.2) is 5.43 Å². The number of amides is 1. The number of non-ortho nitro benzene ring substituents is 1. The van der Waals surface area contributed by atoms with Crippen LogP contribution in [0.2, 0.25) is 0 Å². The fraction of sp³-hybridized carbons (Fsp3) is 0.0500. The van der Waals surface area contributed by atoms with Gasteiger partial charge in [0.1, 0.15) is 12.4 Å². The highest BCUT2D eigenvalue weighted by Crippen LogP contribution is 2.35. The summed E-state index contributed by atoms with van der Waals surface area (Å²) in [5.74, 6) is 0.237. The smallest absolute Gasteiger partial charge is 0.271 e. The maximum atomic E-state index is 12.0. The maximum Gasteiger partial charge on any atom is 0.271 e. The van der Waals surface area contributed by atoms with Crippen LogP contribution in [-0.4, -0.2) is 22.0 Å². The minimum atomic E-state index is -0.447. The molecule has 0 saturated carbocycles. The molecular formula is C20H14Br2N4O4. The van der Waals surface area contributed by atoms with Crippen molar-refractivity contribution in [3.63, 3.8) is 0 Å². The zero-order chi connectivity index (χ0) is 21.5. The number of halogens is 2. The minimum absolute atomic E-state index is 0.0285. The molecule has 0 bridgehead atoms. The van der Waals surface area contributed by atoms with E-state index in [4.69, 9.17) is 4.74 Å². The van der Waals surface area contributed by atoms with Gasteiger partial charge in [-0.1, -0.05) is 0 Å². The van der Waals surface area contributed by atoms with E-state index in [1.807, 2.05) is 0 Å². The van der Waals surface area contributed by atoms with E-state index in [1.54, 1.807) is 36.4 Å². The fourth-order valence-electron chi connectivity index (χ4n) is 2.39. The van der Waals surface area contributed by atoms with Crippen LogP contribution in [0.15, 0.2) is 75.0 Å². The summed E-state index contributed by atoms with van der Waals surface area (Å²) in [5, 5.41) is 14.7. The number of rotatable bonds is 7. The van der Waals surface area contributed by atoms with Crippen LogP contribution in [0.5, 0.6) is 5.75 Å². The molecule has 0 saturated heterocycles. The first-order valence-electron chi connectivity index (χ1n) is 8.52. The van der Waals surface area contributed by atoms with Gasteiger partial charge in [0, 0.05) is 30.1 Å². The molecule has 1 aromatic heterocycles. The van der Waals surface area contributed by atoms with Crippen LogP contribution in [-0.2, 0) is 6.61 Å². The highest BCUT2D eigenvalue weighted by Gasteiger charge is 2.10. The van der Waals surface area contributed by atoms with Crippen molar-refractivity contribution >= 4 is 49.7 Å². The number of carbonyl (C=O) groups is 1. The third-order valence-electron chi connectivity index (χ3n) is 3.87. The second kappa shape index (κ2) is 10.1. The van der Waals surface area contributed by atoms with Crippen LogP contribution >= 0.6 is 31.9 Å². The Morgan fingerprint density at radius 2 is 1.77 bits per heavy atom. The van der Waals surface area contributed by atoms with Crippen molar-refractivity contribution in [2.75, 3.05) is 0 Å². The van der Waals surface area contributed by atoms with E-state index in [0.29, 0.717) is 20.3 Å². The van der Waals surface area contributed by atoms with Crippen LogP contribution < -0.4 is 10.2 Å². The van der Waals surface area contributed by atoms with E-state index in [-0.39, 0.29) is 18.2 Å². The highest BCUT2D eigenvalue weighted by molar-refractivity contribution is 9.11. The predicted molar refractivity (Wildman–Crippen MR) is 119 cm³/mol. The Labute approximate surface area is 188 Å². The molecule has 3 rings (SSSR count). The van der Waals surface area contributed by atoms with Crippen LogP contribution in [0.3, 0.4) is 0 Å². The molecule has 0 fully saturated rings. The van der Waals surface area contributed by atoms with Crippen molar-refractivity contribution in [1.29, 1.82) is 0 Å². The number of nitrogens with one attached hydrogen (secondary N) is 1. The molecule has 0 radical (unpaired) electrons. The van der Waals surface area contributed by atoms with E-state index in [2.05, 4.69) is 47.4 Å². The number of benzene rings is 2. The molecule has 0 aliphatic rings. The number of nitro groups is 1. The molecule has 0 aliphatic heterocycles. The van der Waals surface area contributed by atoms with E-state index < -0.39 is 4.92 Å². The van der Waals surface area contributed by atoms with E-state index >= 15 is 0 Å². The largest absolute Gasteiger partial charge is 0.487 e. The SMILES string of the molecule is O=C(N/N=C\c1cc(Br)c(OCc2ccc([N+](=O)[O-])cc2)c(Br)c1)c1ccncc1. The van der Waals surface area contributed by atoms with E-state index in [0.717, 1.165) is 11.1 Å². The summed E-state index contributed by atoms with van der Waals surface area (Å²) >= 11 is 6.92. The number of pyridine rings is 1. The third-order valence-corrected chi connectivity index (χ3v) is 5.05. The maximum absolute atomic E-state index is 12.0. The molecule has 0 spiro atoms. The van der Waals surface area contributed by atoms with Crippen molar-refractivity contribution in [1.82, 2.24) is 10.4 Å². The monoisotopic (exact) mass is 532 g/mol. The summed E-state index contributed by atoms with van der Waals surface area (Å²) in [5.41, 5.74) is 4.46. The quantitative estimate of drug-likeness (QED) is 0.265. The number of nitrogens with zero attached hydrogens (tertiary/aromatic N) is 3. The van der Waals surface area contributed by atoms with Crippen LogP contribution in [0.1, 0.15) is 21.5 Å². The molecule has 0 atom stereocenters. The van der Waals surface area contributed by atoms with Gasteiger partial charge < -0.3 is 4.74 Å². The molecule has 0 unspecified atom stereocenters. The van der Waals surface area contributed by atoms with Gasteiger partial charge in [0.15, 0.2) is 0 Å². The molecule has 152 valence electrons. The lowest BCUT2D eigenvalue weighted by Crippen LogP contribution is -2.17. The van der Waals surface area contributed by atoms with Gasteiger partial charge in [-0.15, -0.1) is 0 Å². The minimum Gasteiger partial charge on any atom is -0.487 e. The van der Waals surface area contributed by atoms with Gasteiger partial charge in [-0.3, -0.25) is 19.9 Å². The molecule has 0 aliphatic carbocycles. The molecule has 8 nitrogen and oxygen atoms in total. The molecule has 1 amide bonds. The first kappa shape index (κ1) is 21.6. The number of carbonyl (C=O) groups excluding carboxylic acids is 1. The molecule has 2 aromatic carbocycles. The zero-order valence-corrected chi connectivity index (χ0v) is 18.5. The van der Waals surface area contributed by atoms with Gasteiger partial charge in [0.05, 0.1) is 20.1 Å². The molecule has 10 heteroatoms. The second-order valence-corrected chi connectivity index (χ2v) is 7.67. The number of aromatic nitrogens is 1.